The summed E-state index contributed by atoms with van der Waals surface area (Å²) in [6.07, 6.45) is 1.50. The molecule has 0 aromatic heterocycles. The first-order chi connectivity index (χ1) is 8.52. The van der Waals surface area contributed by atoms with Gasteiger partial charge in [0.15, 0.2) is 0 Å². The van der Waals surface area contributed by atoms with Crippen molar-refractivity contribution in [2.45, 2.75) is 18.9 Å². The van der Waals surface area contributed by atoms with Crippen molar-refractivity contribution in [3.63, 3.8) is 0 Å². The molecule has 18 heavy (non-hydrogen) atoms. The van der Waals surface area contributed by atoms with Gasteiger partial charge in [-0.15, -0.1) is 6.58 Å². The zero-order chi connectivity index (χ0) is 13.5. The van der Waals surface area contributed by atoms with E-state index in [0.717, 1.165) is 0 Å². The molecule has 0 aliphatic heterocycles. The standard InChI is InChI=1S/C13H14FNO3/c1-2-4-11(13(17)18)15-12(16)8-9-5-3-6-10(14)7-9/h2-3,5-7,11H,1,4,8H2,(H,15,16)(H,17,18). The number of hydrogen-bond acceptors (Lipinski definition) is 2. The van der Waals surface area contributed by atoms with Crippen molar-refractivity contribution in [2.75, 3.05) is 0 Å². The largest absolute Gasteiger partial charge is 0.480 e. The third kappa shape index (κ3) is 4.37. The number of amides is 1. The van der Waals surface area contributed by atoms with Crippen LogP contribution in [-0.2, 0) is 16.0 Å². The van der Waals surface area contributed by atoms with Crippen LogP contribution in [-0.4, -0.2) is 23.0 Å². The van der Waals surface area contributed by atoms with E-state index in [0.29, 0.717) is 5.56 Å². The van der Waals surface area contributed by atoms with Gasteiger partial charge in [0.25, 0.3) is 0 Å². The average molecular weight is 251 g/mol. The molecule has 0 spiro atoms. The van der Waals surface area contributed by atoms with Gasteiger partial charge in [-0.1, -0.05) is 18.2 Å². The molecule has 0 heterocycles. The van der Waals surface area contributed by atoms with Crippen molar-refractivity contribution in [3.8, 4) is 0 Å². The topological polar surface area (TPSA) is 66.4 Å². The zero-order valence-electron chi connectivity index (χ0n) is 9.73. The maximum absolute atomic E-state index is 12.9. The van der Waals surface area contributed by atoms with E-state index in [2.05, 4.69) is 11.9 Å². The SMILES string of the molecule is C=CCC(NC(=O)Cc1cccc(F)c1)C(=O)O. The Morgan fingerprint density at radius 2 is 2.22 bits per heavy atom. The number of carbonyl (C=O) groups excluding carboxylic acids is 1. The Labute approximate surface area is 104 Å². The first-order valence-electron chi connectivity index (χ1n) is 5.40. The second-order valence-corrected chi connectivity index (χ2v) is 3.79. The number of aliphatic carboxylic acids is 1. The van der Waals surface area contributed by atoms with Gasteiger partial charge in [-0.05, 0) is 24.1 Å². The minimum atomic E-state index is -1.12. The lowest BCUT2D eigenvalue weighted by Gasteiger charge is -2.12. The van der Waals surface area contributed by atoms with Crippen LogP contribution in [0.4, 0.5) is 4.39 Å². The predicted octanol–water partition coefficient (Wildman–Crippen LogP) is 1.51. The predicted molar refractivity (Wildman–Crippen MR) is 64.5 cm³/mol. The quantitative estimate of drug-likeness (QED) is 0.753. The smallest absolute Gasteiger partial charge is 0.326 e. The Morgan fingerprint density at radius 1 is 1.50 bits per heavy atom. The molecule has 2 N–H and O–H groups in total. The third-order valence-electron chi connectivity index (χ3n) is 2.29. The fraction of sp³-hybridized carbons (Fsp3) is 0.231. The highest BCUT2D eigenvalue weighted by Gasteiger charge is 2.18. The van der Waals surface area contributed by atoms with E-state index in [1.54, 1.807) is 6.07 Å². The first kappa shape index (κ1) is 13.9. The van der Waals surface area contributed by atoms with Gasteiger partial charge in [-0.2, -0.15) is 0 Å². The maximum atomic E-state index is 12.9. The zero-order valence-corrected chi connectivity index (χ0v) is 9.73. The number of halogens is 1. The molecule has 4 nitrogen and oxygen atoms in total. The van der Waals surface area contributed by atoms with Crippen LogP contribution < -0.4 is 5.32 Å². The number of benzene rings is 1. The van der Waals surface area contributed by atoms with Gasteiger partial charge < -0.3 is 10.4 Å². The van der Waals surface area contributed by atoms with E-state index < -0.39 is 23.7 Å². The number of carboxylic acid groups (broad SMARTS) is 1. The van der Waals surface area contributed by atoms with Crippen molar-refractivity contribution in [2.24, 2.45) is 0 Å². The van der Waals surface area contributed by atoms with Crippen molar-refractivity contribution in [1.29, 1.82) is 0 Å². The van der Waals surface area contributed by atoms with E-state index in [1.165, 1.54) is 24.3 Å². The highest BCUT2D eigenvalue weighted by Crippen LogP contribution is 2.04. The summed E-state index contributed by atoms with van der Waals surface area (Å²) in [6.45, 7) is 3.42. The number of hydrogen-bond donors (Lipinski definition) is 2. The summed E-state index contributed by atoms with van der Waals surface area (Å²) < 4.78 is 12.9. The molecule has 0 aliphatic carbocycles. The molecule has 0 aliphatic rings. The number of rotatable bonds is 6. The van der Waals surface area contributed by atoms with Crippen LogP contribution in [0.3, 0.4) is 0 Å². The molecular weight excluding hydrogens is 237 g/mol. The average Bonchev–Trinajstić information content (AvgIpc) is 2.28. The lowest BCUT2D eigenvalue weighted by atomic mass is 10.1. The molecule has 0 saturated carbocycles. The Balaban J connectivity index is 2.60. The number of carboxylic acids is 1. The Hall–Kier alpha value is -2.17. The van der Waals surface area contributed by atoms with E-state index in [-0.39, 0.29) is 12.8 Å². The summed E-state index contributed by atoms with van der Waals surface area (Å²) >= 11 is 0. The Bertz CT molecular complexity index is 459. The van der Waals surface area contributed by atoms with Gasteiger partial charge >= 0.3 is 5.97 Å². The molecule has 1 amide bonds. The first-order valence-corrected chi connectivity index (χ1v) is 5.40. The fourth-order valence-electron chi connectivity index (χ4n) is 1.47. The maximum Gasteiger partial charge on any atom is 0.326 e. The van der Waals surface area contributed by atoms with Crippen LogP contribution in [0.1, 0.15) is 12.0 Å². The minimum Gasteiger partial charge on any atom is -0.480 e. The normalized spacial score (nSPS) is 11.6. The number of nitrogens with one attached hydrogen (secondary N) is 1. The molecule has 1 aromatic rings. The van der Waals surface area contributed by atoms with Gasteiger partial charge in [-0.3, -0.25) is 4.79 Å². The molecular formula is C13H14FNO3. The highest BCUT2D eigenvalue weighted by atomic mass is 19.1. The van der Waals surface area contributed by atoms with Gasteiger partial charge in [0.05, 0.1) is 6.42 Å². The molecule has 1 unspecified atom stereocenters. The van der Waals surface area contributed by atoms with Gasteiger partial charge in [0, 0.05) is 0 Å². The van der Waals surface area contributed by atoms with Gasteiger partial charge in [0.1, 0.15) is 11.9 Å². The Kier molecular flexibility index (Phi) is 5.05. The monoisotopic (exact) mass is 251 g/mol. The van der Waals surface area contributed by atoms with E-state index >= 15 is 0 Å². The van der Waals surface area contributed by atoms with Crippen LogP contribution in [0.5, 0.6) is 0 Å². The third-order valence-corrected chi connectivity index (χ3v) is 2.29. The minimum absolute atomic E-state index is 0.0569. The second kappa shape index (κ2) is 6.54. The van der Waals surface area contributed by atoms with E-state index in [4.69, 9.17) is 5.11 Å². The van der Waals surface area contributed by atoms with E-state index in [9.17, 15) is 14.0 Å². The lowest BCUT2D eigenvalue weighted by Crippen LogP contribution is -2.41. The Morgan fingerprint density at radius 3 is 2.78 bits per heavy atom. The van der Waals surface area contributed by atoms with Crippen molar-refractivity contribution < 1.29 is 19.1 Å². The van der Waals surface area contributed by atoms with Crippen LogP contribution in [0.2, 0.25) is 0 Å². The van der Waals surface area contributed by atoms with E-state index in [1.807, 2.05) is 0 Å². The molecule has 1 aromatic carbocycles. The van der Waals surface area contributed by atoms with Crippen molar-refractivity contribution in [3.05, 3.63) is 48.3 Å². The molecule has 0 bridgehead atoms. The molecule has 1 rings (SSSR count). The van der Waals surface area contributed by atoms with Crippen molar-refractivity contribution in [1.82, 2.24) is 5.32 Å². The second-order valence-electron chi connectivity index (χ2n) is 3.79. The molecule has 0 radical (unpaired) electrons. The molecule has 5 heteroatoms. The summed E-state index contributed by atoms with van der Waals surface area (Å²) in [7, 11) is 0. The fourth-order valence-corrected chi connectivity index (χ4v) is 1.47. The van der Waals surface area contributed by atoms with Gasteiger partial charge in [0.2, 0.25) is 5.91 Å². The van der Waals surface area contributed by atoms with Gasteiger partial charge in [-0.25, -0.2) is 9.18 Å². The summed E-state index contributed by atoms with van der Waals surface area (Å²) in [4.78, 5) is 22.4. The number of carbonyl (C=O) groups is 2. The highest BCUT2D eigenvalue weighted by molar-refractivity contribution is 5.84. The van der Waals surface area contributed by atoms with Crippen LogP contribution in [0.25, 0.3) is 0 Å². The molecule has 1 atom stereocenters. The van der Waals surface area contributed by atoms with Crippen LogP contribution >= 0.6 is 0 Å². The lowest BCUT2D eigenvalue weighted by molar-refractivity contribution is -0.141. The summed E-state index contributed by atoms with van der Waals surface area (Å²) in [5, 5.41) is 11.2. The van der Waals surface area contributed by atoms with Crippen molar-refractivity contribution >= 4 is 11.9 Å². The summed E-state index contributed by atoms with van der Waals surface area (Å²) in [5.41, 5.74) is 0.496. The molecule has 0 saturated heterocycles. The summed E-state index contributed by atoms with van der Waals surface area (Å²) in [6, 6.07) is 4.62. The molecule has 96 valence electrons. The van der Waals surface area contributed by atoms with Crippen LogP contribution in [0, 0.1) is 5.82 Å². The summed E-state index contributed by atoms with van der Waals surface area (Å²) in [5.74, 6) is -2.02. The van der Waals surface area contributed by atoms with Crippen LogP contribution in [0.15, 0.2) is 36.9 Å². The molecule has 0 fully saturated rings.